The van der Waals surface area contributed by atoms with Gasteiger partial charge in [-0.2, -0.15) is 18.3 Å². The van der Waals surface area contributed by atoms with E-state index in [0.717, 1.165) is 0 Å². The maximum absolute atomic E-state index is 12.2. The fourth-order valence-corrected chi connectivity index (χ4v) is 1.95. The molecule has 19 heavy (non-hydrogen) atoms. The summed E-state index contributed by atoms with van der Waals surface area (Å²) in [6.45, 7) is 0. The van der Waals surface area contributed by atoms with Crippen LogP contribution in [0.1, 0.15) is 10.5 Å². The van der Waals surface area contributed by atoms with Crippen molar-refractivity contribution in [3.05, 3.63) is 42.2 Å². The molecule has 0 aliphatic carbocycles. The first-order chi connectivity index (χ1) is 8.94. The third-order valence-corrected chi connectivity index (χ3v) is 2.79. The van der Waals surface area contributed by atoms with Crippen molar-refractivity contribution in [3.8, 4) is 0 Å². The second-order valence-corrected chi connectivity index (χ2v) is 4.64. The second-order valence-electron chi connectivity index (χ2n) is 3.50. The van der Waals surface area contributed by atoms with Crippen molar-refractivity contribution >= 4 is 23.4 Å². The zero-order valence-electron chi connectivity index (χ0n) is 9.36. The summed E-state index contributed by atoms with van der Waals surface area (Å²) in [5, 5.41) is 8.55. The Morgan fingerprint density at radius 1 is 1.32 bits per heavy atom. The molecular formula is C11H8F3N3OS. The minimum atomic E-state index is -4.36. The Balaban J connectivity index is 2.09. The van der Waals surface area contributed by atoms with E-state index in [1.54, 1.807) is 0 Å². The lowest BCUT2D eigenvalue weighted by molar-refractivity contribution is -0.0328. The molecule has 1 heterocycles. The lowest BCUT2D eigenvalue weighted by Gasteiger charge is -2.08. The van der Waals surface area contributed by atoms with Gasteiger partial charge in [0.25, 0.3) is 5.91 Å². The lowest BCUT2D eigenvalue weighted by Crippen LogP contribution is -2.12. The third kappa shape index (κ3) is 4.02. The number of rotatable bonds is 3. The third-order valence-electron chi connectivity index (χ3n) is 2.07. The van der Waals surface area contributed by atoms with Crippen LogP contribution < -0.4 is 5.32 Å². The molecule has 0 radical (unpaired) electrons. The van der Waals surface area contributed by atoms with Gasteiger partial charge in [0.2, 0.25) is 0 Å². The first-order valence-corrected chi connectivity index (χ1v) is 5.92. The summed E-state index contributed by atoms with van der Waals surface area (Å²) in [6.07, 6.45) is 1.41. The molecule has 100 valence electrons. The van der Waals surface area contributed by atoms with Gasteiger partial charge in [-0.1, -0.05) is 6.07 Å². The van der Waals surface area contributed by atoms with Gasteiger partial charge in [0.15, 0.2) is 0 Å². The zero-order valence-corrected chi connectivity index (χ0v) is 10.2. The quantitative estimate of drug-likeness (QED) is 0.852. The van der Waals surface area contributed by atoms with Crippen LogP contribution in [0.4, 0.5) is 18.9 Å². The molecule has 0 atom stereocenters. The number of H-pyrrole nitrogens is 1. The summed E-state index contributed by atoms with van der Waals surface area (Å²) < 4.78 is 36.7. The lowest BCUT2D eigenvalue weighted by atomic mass is 10.3. The predicted octanol–water partition coefficient (Wildman–Crippen LogP) is 3.27. The van der Waals surface area contributed by atoms with E-state index in [1.807, 2.05) is 0 Å². The number of aromatic amines is 1. The van der Waals surface area contributed by atoms with Crippen LogP contribution in [0.2, 0.25) is 0 Å². The van der Waals surface area contributed by atoms with Gasteiger partial charge < -0.3 is 5.32 Å². The van der Waals surface area contributed by atoms with E-state index >= 15 is 0 Å². The number of carbonyl (C=O) groups is 1. The number of alkyl halides is 3. The molecule has 0 fully saturated rings. The van der Waals surface area contributed by atoms with Crippen molar-refractivity contribution < 1.29 is 18.0 Å². The molecule has 1 aromatic carbocycles. The second kappa shape index (κ2) is 5.35. The van der Waals surface area contributed by atoms with Crippen LogP contribution in [0.15, 0.2) is 41.4 Å². The summed E-state index contributed by atoms with van der Waals surface area (Å²) >= 11 is -0.232. The molecule has 1 aromatic heterocycles. The Morgan fingerprint density at radius 2 is 2.11 bits per heavy atom. The van der Waals surface area contributed by atoms with Crippen LogP contribution in [-0.4, -0.2) is 21.6 Å². The van der Waals surface area contributed by atoms with E-state index < -0.39 is 11.4 Å². The molecule has 1 amide bonds. The van der Waals surface area contributed by atoms with Crippen LogP contribution in [0.25, 0.3) is 0 Å². The van der Waals surface area contributed by atoms with Crippen LogP contribution >= 0.6 is 11.8 Å². The standard InChI is InChI=1S/C11H8F3N3OS/c12-11(13,14)19-8-3-1-2-7(6-8)16-10(18)9-4-5-15-17-9/h1-6H,(H,15,17)(H,16,18). The molecule has 0 saturated heterocycles. The van der Waals surface area contributed by atoms with Gasteiger partial charge in [0.1, 0.15) is 5.69 Å². The van der Waals surface area contributed by atoms with Gasteiger partial charge in [-0.15, -0.1) is 0 Å². The SMILES string of the molecule is O=C(Nc1cccc(SC(F)(F)F)c1)c1ccn[nH]1. The van der Waals surface area contributed by atoms with E-state index in [-0.39, 0.29) is 28.0 Å². The van der Waals surface area contributed by atoms with Gasteiger partial charge in [0.05, 0.1) is 0 Å². The molecule has 0 aliphatic heterocycles. The molecule has 0 unspecified atom stereocenters. The zero-order chi connectivity index (χ0) is 13.9. The first kappa shape index (κ1) is 13.5. The van der Waals surface area contributed by atoms with Gasteiger partial charge in [-0.25, -0.2) is 0 Å². The molecule has 0 aliphatic rings. The van der Waals surface area contributed by atoms with Gasteiger partial charge >= 0.3 is 5.51 Å². The van der Waals surface area contributed by atoms with E-state index in [1.165, 1.54) is 36.5 Å². The van der Waals surface area contributed by atoms with Crippen LogP contribution in [0, 0.1) is 0 Å². The van der Waals surface area contributed by atoms with Crippen LogP contribution in [0.3, 0.4) is 0 Å². The Hall–Kier alpha value is -1.96. The van der Waals surface area contributed by atoms with Crippen LogP contribution in [-0.2, 0) is 0 Å². The Labute approximate surface area is 110 Å². The van der Waals surface area contributed by atoms with Crippen LogP contribution in [0.5, 0.6) is 0 Å². The number of hydrogen-bond donors (Lipinski definition) is 2. The fraction of sp³-hybridized carbons (Fsp3) is 0.0909. The molecule has 8 heteroatoms. The Kier molecular flexibility index (Phi) is 3.79. The molecule has 2 aromatic rings. The molecule has 4 nitrogen and oxygen atoms in total. The smallest absolute Gasteiger partial charge is 0.321 e. The average Bonchev–Trinajstić information content (AvgIpc) is 2.80. The van der Waals surface area contributed by atoms with Gasteiger partial charge in [0, 0.05) is 16.8 Å². The number of hydrogen-bond acceptors (Lipinski definition) is 3. The highest BCUT2D eigenvalue weighted by Gasteiger charge is 2.29. The van der Waals surface area contributed by atoms with E-state index in [0.29, 0.717) is 0 Å². The molecule has 0 bridgehead atoms. The molecular weight excluding hydrogens is 279 g/mol. The Morgan fingerprint density at radius 3 is 2.74 bits per heavy atom. The summed E-state index contributed by atoms with van der Waals surface area (Å²) in [7, 11) is 0. The molecule has 0 saturated carbocycles. The van der Waals surface area contributed by atoms with Crippen molar-refractivity contribution in [2.75, 3.05) is 5.32 Å². The number of anilines is 1. The number of aromatic nitrogens is 2. The number of carbonyl (C=O) groups excluding carboxylic acids is 1. The largest absolute Gasteiger partial charge is 0.446 e. The number of thioether (sulfide) groups is 1. The molecule has 2 rings (SSSR count). The van der Waals surface area contributed by atoms with E-state index in [9.17, 15) is 18.0 Å². The minimum Gasteiger partial charge on any atom is -0.321 e. The highest BCUT2D eigenvalue weighted by Crippen LogP contribution is 2.37. The van der Waals surface area contributed by atoms with Crippen molar-refractivity contribution in [1.82, 2.24) is 10.2 Å². The number of halogens is 3. The van der Waals surface area contributed by atoms with Crippen molar-refractivity contribution in [3.63, 3.8) is 0 Å². The minimum absolute atomic E-state index is 0.00918. The highest BCUT2D eigenvalue weighted by atomic mass is 32.2. The Bertz CT molecular complexity index is 569. The maximum Gasteiger partial charge on any atom is 0.446 e. The summed E-state index contributed by atoms with van der Waals surface area (Å²) in [6, 6.07) is 6.99. The number of benzene rings is 1. The number of nitrogens with zero attached hydrogens (tertiary/aromatic N) is 1. The van der Waals surface area contributed by atoms with Gasteiger partial charge in [-0.05, 0) is 36.0 Å². The van der Waals surface area contributed by atoms with Crippen molar-refractivity contribution in [2.24, 2.45) is 0 Å². The topological polar surface area (TPSA) is 57.8 Å². The predicted molar refractivity (Wildman–Crippen MR) is 64.9 cm³/mol. The summed E-state index contributed by atoms with van der Waals surface area (Å²) in [5.74, 6) is -0.466. The maximum atomic E-state index is 12.2. The number of nitrogens with one attached hydrogen (secondary N) is 2. The first-order valence-electron chi connectivity index (χ1n) is 5.10. The van der Waals surface area contributed by atoms with Crippen molar-refractivity contribution in [2.45, 2.75) is 10.4 Å². The van der Waals surface area contributed by atoms with Crippen molar-refractivity contribution in [1.29, 1.82) is 0 Å². The summed E-state index contributed by atoms with van der Waals surface area (Å²) in [4.78, 5) is 11.7. The average molecular weight is 287 g/mol. The molecule has 0 spiro atoms. The fourth-order valence-electron chi connectivity index (χ4n) is 1.35. The number of amides is 1. The highest BCUT2D eigenvalue weighted by molar-refractivity contribution is 8.00. The summed E-state index contributed by atoms with van der Waals surface area (Å²) in [5.41, 5.74) is -3.84. The normalized spacial score (nSPS) is 11.3. The van der Waals surface area contributed by atoms with E-state index in [4.69, 9.17) is 0 Å². The van der Waals surface area contributed by atoms with E-state index in [2.05, 4.69) is 15.5 Å². The molecule has 2 N–H and O–H groups in total. The monoisotopic (exact) mass is 287 g/mol. The van der Waals surface area contributed by atoms with Gasteiger partial charge in [-0.3, -0.25) is 9.89 Å².